The second kappa shape index (κ2) is 3.64. The molecular weight excluding hydrogens is 232 g/mol. The van der Waals surface area contributed by atoms with Gasteiger partial charge >= 0.3 is 11.6 Å². The molecule has 0 unspecified atom stereocenters. The van der Waals surface area contributed by atoms with Crippen molar-refractivity contribution in [2.24, 2.45) is 0 Å². The molecular formula is C11H7ClO4. The van der Waals surface area contributed by atoms with Gasteiger partial charge in [0, 0.05) is 16.5 Å². The van der Waals surface area contributed by atoms with Crippen molar-refractivity contribution in [2.45, 2.75) is 6.92 Å². The molecule has 1 heterocycles. The van der Waals surface area contributed by atoms with Crippen LogP contribution in [0.2, 0.25) is 5.02 Å². The van der Waals surface area contributed by atoms with Gasteiger partial charge in [-0.05, 0) is 24.6 Å². The van der Waals surface area contributed by atoms with Crippen LogP contribution in [0.3, 0.4) is 0 Å². The van der Waals surface area contributed by atoms with Crippen LogP contribution in [0.15, 0.2) is 27.4 Å². The van der Waals surface area contributed by atoms with E-state index in [-0.39, 0.29) is 11.1 Å². The maximum Gasteiger partial charge on any atom is 0.337 e. The van der Waals surface area contributed by atoms with E-state index < -0.39 is 11.6 Å². The zero-order valence-electron chi connectivity index (χ0n) is 8.28. The SMILES string of the molecule is Cc1cc(Cl)cc2c(C(=O)O)cc(=O)oc12. The minimum Gasteiger partial charge on any atom is -0.478 e. The number of carboxylic acid groups (broad SMARTS) is 1. The third kappa shape index (κ3) is 1.67. The predicted octanol–water partition coefficient (Wildman–Crippen LogP) is 2.45. The summed E-state index contributed by atoms with van der Waals surface area (Å²) in [6, 6.07) is 4.02. The Morgan fingerprint density at radius 3 is 2.69 bits per heavy atom. The molecule has 2 aromatic rings. The van der Waals surface area contributed by atoms with Crippen molar-refractivity contribution in [3.8, 4) is 0 Å². The van der Waals surface area contributed by atoms with Gasteiger partial charge in [0.1, 0.15) is 5.58 Å². The lowest BCUT2D eigenvalue weighted by Crippen LogP contribution is -2.06. The Morgan fingerprint density at radius 1 is 1.38 bits per heavy atom. The third-order valence-electron chi connectivity index (χ3n) is 2.22. The number of aromatic carboxylic acids is 1. The van der Waals surface area contributed by atoms with Crippen LogP contribution in [0.1, 0.15) is 15.9 Å². The van der Waals surface area contributed by atoms with Crippen molar-refractivity contribution in [3.63, 3.8) is 0 Å². The van der Waals surface area contributed by atoms with Crippen molar-refractivity contribution in [1.29, 1.82) is 0 Å². The highest BCUT2D eigenvalue weighted by Gasteiger charge is 2.13. The normalized spacial score (nSPS) is 10.6. The van der Waals surface area contributed by atoms with Crippen LogP contribution in [0.5, 0.6) is 0 Å². The van der Waals surface area contributed by atoms with Gasteiger partial charge in [0.2, 0.25) is 0 Å². The highest BCUT2D eigenvalue weighted by molar-refractivity contribution is 6.31. The van der Waals surface area contributed by atoms with Gasteiger partial charge in [-0.1, -0.05) is 11.6 Å². The molecule has 0 fully saturated rings. The number of rotatable bonds is 1. The molecule has 1 aromatic carbocycles. The average molecular weight is 239 g/mol. The molecule has 4 nitrogen and oxygen atoms in total. The lowest BCUT2D eigenvalue weighted by atomic mass is 10.1. The van der Waals surface area contributed by atoms with Crippen molar-refractivity contribution in [1.82, 2.24) is 0 Å². The smallest absolute Gasteiger partial charge is 0.337 e. The summed E-state index contributed by atoms with van der Waals surface area (Å²) < 4.78 is 4.96. The van der Waals surface area contributed by atoms with Crippen LogP contribution in [0.25, 0.3) is 11.0 Å². The molecule has 16 heavy (non-hydrogen) atoms. The van der Waals surface area contributed by atoms with E-state index in [1.807, 2.05) is 0 Å². The Balaban J connectivity index is 3.01. The average Bonchev–Trinajstić information content (AvgIpc) is 2.18. The van der Waals surface area contributed by atoms with E-state index in [4.69, 9.17) is 21.1 Å². The van der Waals surface area contributed by atoms with E-state index in [2.05, 4.69) is 0 Å². The van der Waals surface area contributed by atoms with Gasteiger partial charge in [-0.25, -0.2) is 9.59 Å². The lowest BCUT2D eigenvalue weighted by Gasteiger charge is -2.04. The summed E-state index contributed by atoms with van der Waals surface area (Å²) in [4.78, 5) is 22.1. The van der Waals surface area contributed by atoms with Gasteiger partial charge < -0.3 is 9.52 Å². The fourth-order valence-corrected chi connectivity index (χ4v) is 1.84. The van der Waals surface area contributed by atoms with Crippen molar-refractivity contribution >= 4 is 28.5 Å². The minimum absolute atomic E-state index is 0.100. The van der Waals surface area contributed by atoms with Crippen molar-refractivity contribution in [3.05, 3.63) is 44.8 Å². The molecule has 2 rings (SSSR count). The van der Waals surface area contributed by atoms with E-state index in [0.717, 1.165) is 6.07 Å². The molecule has 0 bridgehead atoms. The van der Waals surface area contributed by atoms with Crippen LogP contribution < -0.4 is 5.63 Å². The zero-order chi connectivity index (χ0) is 11.9. The maximum absolute atomic E-state index is 11.2. The quantitative estimate of drug-likeness (QED) is 0.775. The van der Waals surface area contributed by atoms with Crippen LogP contribution in [0, 0.1) is 6.92 Å². The van der Waals surface area contributed by atoms with Gasteiger partial charge in [0.25, 0.3) is 0 Å². The molecule has 1 N–H and O–H groups in total. The van der Waals surface area contributed by atoms with E-state index in [1.54, 1.807) is 13.0 Å². The van der Waals surface area contributed by atoms with E-state index in [1.165, 1.54) is 6.07 Å². The Bertz CT molecular complexity index is 642. The third-order valence-corrected chi connectivity index (χ3v) is 2.44. The number of carbonyl (C=O) groups is 1. The first kappa shape index (κ1) is 10.7. The summed E-state index contributed by atoms with van der Waals surface area (Å²) in [7, 11) is 0. The highest BCUT2D eigenvalue weighted by Crippen LogP contribution is 2.25. The molecule has 0 aliphatic rings. The zero-order valence-corrected chi connectivity index (χ0v) is 9.04. The maximum atomic E-state index is 11.2. The van der Waals surface area contributed by atoms with E-state index in [9.17, 15) is 9.59 Å². The number of fused-ring (bicyclic) bond motifs is 1. The Morgan fingerprint density at radius 2 is 2.06 bits per heavy atom. The first-order valence-electron chi connectivity index (χ1n) is 4.46. The van der Waals surface area contributed by atoms with Gasteiger partial charge in [-0.2, -0.15) is 0 Å². The van der Waals surface area contributed by atoms with Crippen molar-refractivity contribution < 1.29 is 14.3 Å². The number of halogens is 1. The summed E-state index contributed by atoms with van der Waals surface area (Å²) in [5.41, 5.74) is 0.101. The molecule has 1 aromatic heterocycles. The molecule has 82 valence electrons. The number of carboxylic acids is 1. The largest absolute Gasteiger partial charge is 0.478 e. The fraction of sp³-hybridized carbons (Fsp3) is 0.0909. The van der Waals surface area contributed by atoms with Crippen LogP contribution >= 0.6 is 11.6 Å². The number of hydrogen-bond donors (Lipinski definition) is 1. The lowest BCUT2D eigenvalue weighted by molar-refractivity contribution is 0.0698. The fourth-order valence-electron chi connectivity index (χ4n) is 1.57. The van der Waals surface area contributed by atoms with Crippen LogP contribution in [-0.2, 0) is 0 Å². The molecule has 0 radical (unpaired) electrons. The van der Waals surface area contributed by atoms with E-state index >= 15 is 0 Å². The second-order valence-electron chi connectivity index (χ2n) is 3.38. The van der Waals surface area contributed by atoms with Crippen LogP contribution in [-0.4, -0.2) is 11.1 Å². The monoisotopic (exact) mass is 238 g/mol. The summed E-state index contributed by atoms with van der Waals surface area (Å²) in [6.45, 7) is 1.70. The molecule has 0 aliphatic heterocycles. The molecule has 0 atom stereocenters. The minimum atomic E-state index is -1.18. The molecule has 0 saturated carbocycles. The summed E-state index contributed by atoms with van der Waals surface area (Å²) in [6.07, 6.45) is 0. The topological polar surface area (TPSA) is 67.5 Å². The van der Waals surface area contributed by atoms with Gasteiger partial charge in [-0.15, -0.1) is 0 Å². The highest BCUT2D eigenvalue weighted by atomic mass is 35.5. The molecule has 0 spiro atoms. The van der Waals surface area contributed by atoms with Crippen molar-refractivity contribution in [2.75, 3.05) is 0 Å². The van der Waals surface area contributed by atoms with E-state index in [0.29, 0.717) is 16.0 Å². The molecule has 5 heteroatoms. The standard InChI is InChI=1S/C11H7ClO4/c1-5-2-6(12)3-7-8(11(14)15)4-9(13)16-10(5)7/h2-4H,1H3,(H,14,15). The van der Waals surface area contributed by atoms with Gasteiger partial charge in [-0.3, -0.25) is 0 Å². The molecule has 0 amide bonds. The Labute approximate surface area is 95.1 Å². The summed E-state index contributed by atoms with van der Waals surface area (Å²) in [5.74, 6) is -1.18. The predicted molar refractivity (Wildman–Crippen MR) is 59.2 cm³/mol. The van der Waals surface area contributed by atoms with Gasteiger partial charge in [0.15, 0.2) is 0 Å². The molecule has 0 saturated heterocycles. The number of aryl methyl sites for hydroxylation is 1. The summed E-state index contributed by atoms with van der Waals surface area (Å²) >= 11 is 5.83. The number of benzene rings is 1. The Hall–Kier alpha value is -1.81. The molecule has 0 aliphatic carbocycles. The number of hydrogen-bond acceptors (Lipinski definition) is 3. The first-order chi connectivity index (χ1) is 7.49. The summed E-state index contributed by atoms with van der Waals surface area (Å²) in [5, 5.41) is 9.70. The van der Waals surface area contributed by atoms with Gasteiger partial charge in [0.05, 0.1) is 5.56 Å². The van der Waals surface area contributed by atoms with Crippen LogP contribution in [0.4, 0.5) is 0 Å². The first-order valence-corrected chi connectivity index (χ1v) is 4.84. The second-order valence-corrected chi connectivity index (χ2v) is 3.82. The Kier molecular flexibility index (Phi) is 2.44.